The molecule has 0 bridgehead atoms. The number of aromatic nitrogens is 1. The fourth-order valence-corrected chi connectivity index (χ4v) is 3.73. The summed E-state index contributed by atoms with van der Waals surface area (Å²) in [6, 6.07) is 0.833. The normalized spacial score (nSPS) is 32.0. The summed E-state index contributed by atoms with van der Waals surface area (Å²) >= 11 is 0. The lowest BCUT2D eigenvalue weighted by Crippen LogP contribution is -2.40. The molecule has 6 heteroatoms. The number of carbonyl (C=O) groups excluding carboxylic acids is 1. The third kappa shape index (κ3) is 2.03. The molecule has 114 valence electrons. The van der Waals surface area contributed by atoms with E-state index in [2.05, 4.69) is 4.98 Å². The molecule has 2 aliphatic rings. The minimum atomic E-state index is -2.66. The van der Waals surface area contributed by atoms with Gasteiger partial charge in [-0.2, -0.15) is 0 Å². The first-order valence-corrected chi connectivity index (χ1v) is 7.21. The van der Waals surface area contributed by atoms with E-state index in [9.17, 15) is 18.0 Å². The summed E-state index contributed by atoms with van der Waals surface area (Å²) in [4.78, 5) is 17.9. The summed E-state index contributed by atoms with van der Waals surface area (Å²) in [5, 5.41) is 0. The summed E-state index contributed by atoms with van der Waals surface area (Å²) in [6.45, 7) is 1.63. The van der Waals surface area contributed by atoms with Crippen molar-refractivity contribution in [2.24, 2.45) is 5.41 Å². The van der Waals surface area contributed by atoms with E-state index in [4.69, 9.17) is 0 Å². The number of nitrogens with zero attached hydrogens (tertiary/aromatic N) is 2. The smallest absolute Gasteiger partial charge is 0.252 e. The fraction of sp³-hybridized carbons (Fsp3) is 0.600. The first-order valence-electron chi connectivity index (χ1n) is 7.21. The van der Waals surface area contributed by atoms with Crippen LogP contribution in [-0.4, -0.2) is 28.3 Å². The number of amides is 1. The Morgan fingerprint density at radius 2 is 2.19 bits per heavy atom. The zero-order chi connectivity index (χ0) is 15.2. The second kappa shape index (κ2) is 5.00. The van der Waals surface area contributed by atoms with Crippen LogP contribution < -0.4 is 0 Å². The topological polar surface area (TPSA) is 33.2 Å². The summed E-state index contributed by atoms with van der Waals surface area (Å²) in [6.07, 6.45) is 1.62. The van der Waals surface area contributed by atoms with E-state index in [1.807, 2.05) is 0 Å². The predicted octanol–water partition coefficient (Wildman–Crippen LogP) is 3.32. The number of rotatable bonds is 3. The zero-order valence-electron chi connectivity index (χ0n) is 11.7. The highest BCUT2D eigenvalue weighted by molar-refractivity contribution is 5.86. The van der Waals surface area contributed by atoms with Crippen molar-refractivity contribution in [2.45, 2.75) is 51.1 Å². The number of hydrogen-bond donors (Lipinski definition) is 0. The SMILES string of the molecule is CC[C@@]1(C(F)F)C[C@H]2CC[C@H](c3cncc(F)c3)N2C1=O. The van der Waals surface area contributed by atoms with Crippen LogP contribution in [0.15, 0.2) is 18.5 Å². The number of halogens is 3. The first-order chi connectivity index (χ1) is 9.99. The summed E-state index contributed by atoms with van der Waals surface area (Å²) in [5.41, 5.74) is -0.976. The Balaban J connectivity index is 1.94. The Bertz CT molecular complexity index is 566. The lowest BCUT2D eigenvalue weighted by molar-refractivity contribution is -0.146. The highest BCUT2D eigenvalue weighted by Gasteiger charge is 2.59. The summed E-state index contributed by atoms with van der Waals surface area (Å²) < 4.78 is 40.2. The van der Waals surface area contributed by atoms with Gasteiger partial charge in [0.25, 0.3) is 6.43 Å². The van der Waals surface area contributed by atoms with Gasteiger partial charge in [0.05, 0.1) is 12.2 Å². The fourth-order valence-electron chi connectivity index (χ4n) is 3.73. The molecule has 2 aliphatic heterocycles. The monoisotopic (exact) mass is 298 g/mol. The molecule has 3 atom stereocenters. The van der Waals surface area contributed by atoms with Crippen LogP contribution in [0, 0.1) is 11.2 Å². The Labute approximate surface area is 121 Å². The van der Waals surface area contributed by atoms with Gasteiger partial charge in [-0.15, -0.1) is 0 Å². The van der Waals surface area contributed by atoms with Crippen molar-refractivity contribution in [3.8, 4) is 0 Å². The number of alkyl halides is 2. The number of pyridine rings is 1. The third-order valence-electron chi connectivity index (χ3n) is 4.92. The van der Waals surface area contributed by atoms with Gasteiger partial charge in [-0.05, 0) is 37.3 Å². The Morgan fingerprint density at radius 1 is 1.43 bits per heavy atom. The predicted molar refractivity (Wildman–Crippen MR) is 70.1 cm³/mol. The number of hydrogen-bond acceptors (Lipinski definition) is 2. The summed E-state index contributed by atoms with van der Waals surface area (Å²) in [5.74, 6) is -0.963. The minimum absolute atomic E-state index is 0.130. The Kier molecular flexibility index (Phi) is 3.42. The van der Waals surface area contributed by atoms with Crippen molar-refractivity contribution >= 4 is 5.91 Å². The van der Waals surface area contributed by atoms with E-state index in [1.54, 1.807) is 11.8 Å². The molecule has 3 nitrogen and oxygen atoms in total. The molecule has 0 unspecified atom stereocenters. The van der Waals surface area contributed by atoms with E-state index in [0.29, 0.717) is 18.4 Å². The molecule has 3 rings (SSSR count). The molecule has 1 aromatic rings. The lowest BCUT2D eigenvalue weighted by Gasteiger charge is -2.29. The zero-order valence-corrected chi connectivity index (χ0v) is 11.7. The standard InChI is InChI=1S/C15H17F3N2O/c1-2-15(13(17)18)6-11-3-4-12(20(11)14(15)21)9-5-10(16)8-19-7-9/h5,7-8,11-13H,2-4,6H2,1H3/t11-,12-,15+/m1/s1. The van der Waals surface area contributed by atoms with Gasteiger partial charge < -0.3 is 4.90 Å². The molecule has 0 radical (unpaired) electrons. The highest BCUT2D eigenvalue weighted by atomic mass is 19.3. The lowest BCUT2D eigenvalue weighted by atomic mass is 9.81. The van der Waals surface area contributed by atoms with Gasteiger partial charge in [0.15, 0.2) is 0 Å². The van der Waals surface area contributed by atoms with E-state index >= 15 is 0 Å². The van der Waals surface area contributed by atoms with Crippen LogP contribution in [0.4, 0.5) is 13.2 Å². The number of carbonyl (C=O) groups is 1. The van der Waals surface area contributed by atoms with Crippen molar-refractivity contribution < 1.29 is 18.0 Å². The van der Waals surface area contributed by atoms with Crippen LogP contribution in [0.1, 0.15) is 44.2 Å². The van der Waals surface area contributed by atoms with Crippen molar-refractivity contribution in [2.75, 3.05) is 0 Å². The molecule has 2 saturated heterocycles. The van der Waals surface area contributed by atoms with Crippen molar-refractivity contribution in [3.05, 3.63) is 29.8 Å². The van der Waals surface area contributed by atoms with E-state index < -0.39 is 23.6 Å². The summed E-state index contributed by atoms with van der Waals surface area (Å²) in [7, 11) is 0. The molecule has 3 heterocycles. The molecule has 0 aliphatic carbocycles. The van der Waals surface area contributed by atoms with Crippen LogP contribution in [0.2, 0.25) is 0 Å². The average Bonchev–Trinajstić information content (AvgIpc) is 2.98. The quantitative estimate of drug-likeness (QED) is 0.857. The van der Waals surface area contributed by atoms with Gasteiger partial charge >= 0.3 is 0 Å². The van der Waals surface area contributed by atoms with Crippen LogP contribution in [0.5, 0.6) is 0 Å². The molecular formula is C15H17F3N2O. The minimum Gasteiger partial charge on any atom is -0.332 e. The molecular weight excluding hydrogens is 281 g/mol. The molecule has 0 aromatic carbocycles. The maximum absolute atomic E-state index is 13.4. The van der Waals surface area contributed by atoms with E-state index in [-0.39, 0.29) is 24.9 Å². The van der Waals surface area contributed by atoms with Crippen molar-refractivity contribution in [1.82, 2.24) is 9.88 Å². The molecule has 2 fully saturated rings. The van der Waals surface area contributed by atoms with Gasteiger partial charge in [-0.1, -0.05) is 6.92 Å². The van der Waals surface area contributed by atoms with E-state index in [1.165, 1.54) is 12.3 Å². The van der Waals surface area contributed by atoms with Gasteiger partial charge in [-0.3, -0.25) is 9.78 Å². The molecule has 0 spiro atoms. The van der Waals surface area contributed by atoms with Gasteiger partial charge in [0.2, 0.25) is 5.91 Å². The Hall–Kier alpha value is -1.59. The first kappa shape index (κ1) is 14.4. The second-order valence-electron chi connectivity index (χ2n) is 5.91. The molecule has 0 N–H and O–H groups in total. The molecule has 1 aromatic heterocycles. The van der Waals surface area contributed by atoms with Crippen LogP contribution in [-0.2, 0) is 4.79 Å². The van der Waals surface area contributed by atoms with Crippen molar-refractivity contribution in [3.63, 3.8) is 0 Å². The third-order valence-corrected chi connectivity index (χ3v) is 4.92. The van der Waals surface area contributed by atoms with Crippen LogP contribution >= 0.6 is 0 Å². The van der Waals surface area contributed by atoms with Gasteiger partial charge in [0.1, 0.15) is 11.2 Å². The largest absolute Gasteiger partial charge is 0.332 e. The second-order valence-corrected chi connectivity index (χ2v) is 5.91. The highest BCUT2D eigenvalue weighted by Crippen LogP contribution is 2.52. The van der Waals surface area contributed by atoms with Crippen LogP contribution in [0.3, 0.4) is 0 Å². The van der Waals surface area contributed by atoms with Gasteiger partial charge in [-0.25, -0.2) is 13.2 Å². The maximum atomic E-state index is 13.4. The molecule has 21 heavy (non-hydrogen) atoms. The molecule has 1 amide bonds. The molecule has 0 saturated carbocycles. The van der Waals surface area contributed by atoms with Crippen molar-refractivity contribution in [1.29, 1.82) is 0 Å². The van der Waals surface area contributed by atoms with Gasteiger partial charge in [0, 0.05) is 12.2 Å². The average molecular weight is 298 g/mol. The maximum Gasteiger partial charge on any atom is 0.252 e. The number of fused-ring (bicyclic) bond motifs is 1. The van der Waals surface area contributed by atoms with Crippen LogP contribution in [0.25, 0.3) is 0 Å². The van der Waals surface area contributed by atoms with E-state index in [0.717, 1.165) is 6.20 Å². The Morgan fingerprint density at radius 3 is 2.81 bits per heavy atom.